The molecule has 0 bridgehead atoms. The molecule has 2 amide bonds. The topological polar surface area (TPSA) is 87.2 Å². The highest BCUT2D eigenvalue weighted by atomic mass is 32.2. The van der Waals surface area contributed by atoms with Crippen molar-refractivity contribution in [2.24, 2.45) is 17.3 Å². The maximum absolute atomic E-state index is 14.5. The predicted molar refractivity (Wildman–Crippen MR) is 141 cm³/mol. The maximum Gasteiger partial charge on any atom is 0.311 e. The summed E-state index contributed by atoms with van der Waals surface area (Å²) < 4.78 is 4.76. The minimum Gasteiger partial charge on any atom is -0.465 e. The lowest BCUT2D eigenvalue weighted by molar-refractivity contribution is -0.154. The Morgan fingerprint density at radius 3 is 2.53 bits per heavy atom. The van der Waals surface area contributed by atoms with Crippen LogP contribution in [0, 0.1) is 17.3 Å². The van der Waals surface area contributed by atoms with E-state index < -0.39 is 34.2 Å². The molecule has 6 atom stereocenters. The van der Waals surface area contributed by atoms with Crippen LogP contribution in [0.5, 0.6) is 0 Å². The number of cyclic esters (lactones) is 1. The molecule has 200 valence electrons. The highest BCUT2D eigenvalue weighted by Crippen LogP contribution is 2.61. The average Bonchev–Trinajstić information content (AvgIpc) is 3.16. The average molecular weight is 519 g/mol. The highest BCUT2D eigenvalue weighted by molar-refractivity contribution is 8.02. The number of amides is 2. The summed E-state index contributed by atoms with van der Waals surface area (Å²) in [5.74, 6) is -2.09. The first-order valence-corrected chi connectivity index (χ1v) is 14.2. The van der Waals surface area contributed by atoms with Gasteiger partial charge in [-0.05, 0) is 51.9 Å². The van der Waals surface area contributed by atoms with Crippen molar-refractivity contribution < 1.29 is 24.2 Å². The molecule has 2 saturated heterocycles. The van der Waals surface area contributed by atoms with Gasteiger partial charge in [0.05, 0.1) is 35.8 Å². The van der Waals surface area contributed by atoms with Crippen molar-refractivity contribution in [2.75, 3.05) is 19.8 Å². The Morgan fingerprint density at radius 1 is 1.14 bits per heavy atom. The van der Waals surface area contributed by atoms with Gasteiger partial charge in [-0.1, -0.05) is 45.1 Å². The Labute approximate surface area is 219 Å². The quantitative estimate of drug-likeness (QED) is 0.452. The maximum atomic E-state index is 14.5. The molecule has 0 aromatic carbocycles. The van der Waals surface area contributed by atoms with Crippen LogP contribution in [-0.4, -0.2) is 80.1 Å². The number of carbonyl (C=O) groups is 3. The van der Waals surface area contributed by atoms with E-state index in [1.165, 1.54) is 0 Å². The predicted octanol–water partition coefficient (Wildman–Crippen LogP) is 3.56. The third-order valence-electron chi connectivity index (χ3n) is 7.97. The summed E-state index contributed by atoms with van der Waals surface area (Å²) in [6, 6.07) is -1.34. The number of likely N-dealkylation sites (tertiary alicyclic amines) is 1. The van der Waals surface area contributed by atoms with Crippen LogP contribution in [0.15, 0.2) is 24.3 Å². The van der Waals surface area contributed by atoms with Gasteiger partial charge in [0.2, 0.25) is 11.8 Å². The number of aliphatic hydroxyl groups excluding tert-OH is 1. The van der Waals surface area contributed by atoms with E-state index in [0.717, 1.165) is 25.7 Å². The summed E-state index contributed by atoms with van der Waals surface area (Å²) in [5.41, 5.74) is -0.442. The van der Waals surface area contributed by atoms with E-state index >= 15 is 0 Å². The minimum absolute atomic E-state index is 0.00269. The van der Waals surface area contributed by atoms with Gasteiger partial charge in [-0.25, -0.2) is 0 Å². The standard InChI is InChI=1S/C28H42N2O5S/c1-18(16-31)30-22-24(33)29(27(5,6)17-26(2,3)4)14-11-13-28(22)21(23(30)32)20-19(36-28)12-9-7-8-10-15-35-25(20)34/h9,11-13,18-22,31H,7-8,10,14-17H2,1-6H3/b12-9-/t18-,19+,20-,21+,22?,28+/m1/s1. The molecule has 0 aromatic rings. The van der Waals surface area contributed by atoms with Crippen molar-refractivity contribution in [3.63, 3.8) is 0 Å². The van der Waals surface area contributed by atoms with Crippen LogP contribution in [0.2, 0.25) is 0 Å². The largest absolute Gasteiger partial charge is 0.465 e. The summed E-state index contributed by atoms with van der Waals surface area (Å²) >= 11 is 1.55. The lowest BCUT2D eigenvalue weighted by atomic mass is 9.78. The van der Waals surface area contributed by atoms with Crippen LogP contribution < -0.4 is 0 Å². The SMILES string of the molecule is C[C@H](CO)N1C(=O)[C@@H]2[C@@H]3C(=O)OCCCC/C=C\[C@@H]3S[C@@]23C=CCN(C(C)(C)CC(C)(C)C)C(=O)C13. The molecule has 2 fully saturated rings. The van der Waals surface area contributed by atoms with Crippen molar-refractivity contribution in [1.82, 2.24) is 9.80 Å². The van der Waals surface area contributed by atoms with Gasteiger partial charge in [0.25, 0.3) is 0 Å². The number of hydrogen-bond donors (Lipinski definition) is 1. The number of aliphatic hydroxyl groups is 1. The van der Waals surface area contributed by atoms with Gasteiger partial charge in [-0.2, -0.15) is 0 Å². The molecule has 8 heteroatoms. The summed E-state index contributed by atoms with van der Waals surface area (Å²) in [7, 11) is 0. The van der Waals surface area contributed by atoms with Gasteiger partial charge < -0.3 is 19.6 Å². The Morgan fingerprint density at radius 2 is 1.86 bits per heavy atom. The van der Waals surface area contributed by atoms with Crippen molar-refractivity contribution >= 4 is 29.5 Å². The van der Waals surface area contributed by atoms with E-state index in [0.29, 0.717) is 13.2 Å². The van der Waals surface area contributed by atoms with Crippen molar-refractivity contribution in [2.45, 2.75) is 94.8 Å². The third-order valence-corrected chi connectivity index (χ3v) is 9.72. The number of nitrogens with zero attached hydrogens (tertiary/aromatic N) is 2. The Hall–Kier alpha value is -1.80. The third kappa shape index (κ3) is 4.64. The number of esters is 1. The molecule has 36 heavy (non-hydrogen) atoms. The zero-order valence-electron chi connectivity index (χ0n) is 22.5. The van der Waals surface area contributed by atoms with E-state index in [2.05, 4.69) is 40.7 Å². The van der Waals surface area contributed by atoms with Crippen LogP contribution in [0.1, 0.15) is 67.2 Å². The van der Waals surface area contributed by atoms with Crippen LogP contribution >= 0.6 is 11.8 Å². The molecule has 4 aliphatic heterocycles. The Kier molecular flexibility index (Phi) is 7.43. The number of carbonyl (C=O) groups excluding carboxylic acids is 3. The van der Waals surface area contributed by atoms with E-state index in [1.54, 1.807) is 23.6 Å². The summed E-state index contributed by atoms with van der Waals surface area (Å²) in [4.78, 5) is 45.4. The number of hydrogen-bond acceptors (Lipinski definition) is 6. The molecule has 4 aliphatic rings. The normalized spacial score (nSPS) is 35.0. The van der Waals surface area contributed by atoms with Crippen molar-refractivity contribution in [3.05, 3.63) is 24.3 Å². The number of thioether (sulfide) groups is 1. The number of rotatable bonds is 4. The van der Waals surface area contributed by atoms with Gasteiger partial charge in [0.15, 0.2) is 0 Å². The molecule has 1 unspecified atom stereocenters. The molecular weight excluding hydrogens is 476 g/mol. The summed E-state index contributed by atoms with van der Waals surface area (Å²) in [6.45, 7) is 13.0. The number of allylic oxidation sites excluding steroid dienone is 1. The molecule has 0 aromatic heterocycles. The second kappa shape index (κ2) is 9.82. The zero-order chi connectivity index (χ0) is 26.5. The molecule has 7 nitrogen and oxygen atoms in total. The number of ether oxygens (including phenoxy) is 1. The van der Waals surface area contributed by atoms with Crippen LogP contribution in [0.25, 0.3) is 0 Å². The first-order chi connectivity index (χ1) is 16.8. The first-order valence-electron chi connectivity index (χ1n) is 13.3. The lowest BCUT2D eigenvalue weighted by Crippen LogP contribution is -2.60. The van der Waals surface area contributed by atoms with E-state index in [4.69, 9.17) is 4.74 Å². The van der Waals surface area contributed by atoms with E-state index in [1.807, 2.05) is 23.1 Å². The molecule has 1 spiro atoms. The lowest BCUT2D eigenvalue weighted by Gasteiger charge is -2.45. The Balaban J connectivity index is 1.82. The van der Waals surface area contributed by atoms with Crippen molar-refractivity contribution in [3.8, 4) is 0 Å². The monoisotopic (exact) mass is 518 g/mol. The molecule has 0 saturated carbocycles. The molecule has 4 rings (SSSR count). The molecule has 0 radical (unpaired) electrons. The highest BCUT2D eigenvalue weighted by Gasteiger charge is 2.71. The van der Waals surface area contributed by atoms with E-state index in [-0.39, 0.29) is 35.1 Å². The minimum atomic E-state index is -0.892. The second-order valence-corrected chi connectivity index (χ2v) is 14.1. The summed E-state index contributed by atoms with van der Waals surface area (Å²) in [6.07, 6.45) is 11.6. The van der Waals surface area contributed by atoms with Gasteiger partial charge >= 0.3 is 5.97 Å². The molecule has 4 heterocycles. The van der Waals surface area contributed by atoms with Gasteiger partial charge in [0, 0.05) is 17.3 Å². The second-order valence-electron chi connectivity index (χ2n) is 12.6. The fourth-order valence-corrected chi connectivity index (χ4v) is 8.84. The summed E-state index contributed by atoms with van der Waals surface area (Å²) in [5, 5.41) is 9.84. The van der Waals surface area contributed by atoms with Crippen LogP contribution in [-0.2, 0) is 19.1 Å². The Bertz CT molecular complexity index is 954. The fourth-order valence-electron chi connectivity index (χ4n) is 6.86. The molecule has 1 N–H and O–H groups in total. The van der Waals surface area contributed by atoms with Gasteiger partial charge in [0.1, 0.15) is 6.04 Å². The van der Waals surface area contributed by atoms with Crippen molar-refractivity contribution in [1.29, 1.82) is 0 Å². The van der Waals surface area contributed by atoms with Crippen LogP contribution in [0.4, 0.5) is 0 Å². The molecule has 0 aliphatic carbocycles. The van der Waals surface area contributed by atoms with E-state index in [9.17, 15) is 19.5 Å². The van der Waals surface area contributed by atoms with Gasteiger partial charge in [-0.3, -0.25) is 14.4 Å². The fraction of sp³-hybridized carbons (Fsp3) is 0.750. The van der Waals surface area contributed by atoms with Crippen LogP contribution in [0.3, 0.4) is 0 Å². The number of fused-ring (bicyclic) bond motifs is 2. The first kappa shape index (κ1) is 27.2. The molecular formula is C28H42N2O5S. The van der Waals surface area contributed by atoms with Gasteiger partial charge in [-0.15, -0.1) is 11.8 Å². The smallest absolute Gasteiger partial charge is 0.311 e. The zero-order valence-corrected chi connectivity index (χ0v) is 23.3.